The van der Waals surface area contributed by atoms with Crippen molar-refractivity contribution in [1.82, 2.24) is 19.9 Å². The molecular formula is C16H17N5O. The van der Waals surface area contributed by atoms with Crippen LogP contribution in [0.5, 0.6) is 0 Å². The van der Waals surface area contributed by atoms with E-state index in [9.17, 15) is 4.79 Å². The van der Waals surface area contributed by atoms with Crippen LogP contribution in [0.3, 0.4) is 0 Å². The largest absolute Gasteiger partial charge is 0.369 e. The summed E-state index contributed by atoms with van der Waals surface area (Å²) in [5.41, 5.74) is 9.34. The first-order chi connectivity index (χ1) is 10.7. The molecule has 4 rings (SSSR count). The monoisotopic (exact) mass is 295 g/mol. The predicted molar refractivity (Wildman–Crippen MR) is 85.4 cm³/mol. The zero-order valence-corrected chi connectivity index (χ0v) is 12.1. The van der Waals surface area contributed by atoms with Gasteiger partial charge in [0.1, 0.15) is 0 Å². The van der Waals surface area contributed by atoms with E-state index in [0.717, 1.165) is 42.0 Å². The maximum Gasteiger partial charge on any atom is 0.257 e. The number of aromatic amines is 2. The zero-order valence-electron chi connectivity index (χ0n) is 12.1. The van der Waals surface area contributed by atoms with Crippen molar-refractivity contribution in [3.8, 4) is 0 Å². The highest BCUT2D eigenvalue weighted by Gasteiger charge is 2.21. The summed E-state index contributed by atoms with van der Waals surface area (Å²) in [5, 5.41) is 1.21. The van der Waals surface area contributed by atoms with Crippen LogP contribution in [-0.4, -0.2) is 26.4 Å². The Morgan fingerprint density at radius 1 is 1.27 bits per heavy atom. The van der Waals surface area contributed by atoms with E-state index in [1.54, 1.807) is 0 Å². The number of aromatic nitrogens is 3. The summed E-state index contributed by atoms with van der Waals surface area (Å²) in [6.07, 6.45) is 0.754. The number of para-hydroxylation sites is 1. The number of fused-ring (bicyclic) bond motifs is 2. The quantitative estimate of drug-likeness (QED) is 0.666. The lowest BCUT2D eigenvalue weighted by atomic mass is 10.1. The van der Waals surface area contributed by atoms with Gasteiger partial charge in [0.15, 0.2) is 0 Å². The first-order valence-electron chi connectivity index (χ1n) is 7.35. The molecule has 22 heavy (non-hydrogen) atoms. The normalized spacial score (nSPS) is 15.1. The van der Waals surface area contributed by atoms with Crippen molar-refractivity contribution in [2.45, 2.75) is 19.5 Å². The highest BCUT2D eigenvalue weighted by Crippen LogP contribution is 2.19. The molecule has 3 heterocycles. The Morgan fingerprint density at radius 2 is 2.14 bits per heavy atom. The van der Waals surface area contributed by atoms with E-state index < -0.39 is 0 Å². The molecule has 112 valence electrons. The number of nitrogen functional groups attached to an aromatic ring is 1. The van der Waals surface area contributed by atoms with Crippen LogP contribution >= 0.6 is 0 Å². The van der Waals surface area contributed by atoms with Gasteiger partial charge in [-0.25, -0.2) is 4.98 Å². The van der Waals surface area contributed by atoms with Crippen LogP contribution in [-0.2, 0) is 19.5 Å². The Morgan fingerprint density at radius 3 is 3.00 bits per heavy atom. The molecule has 6 nitrogen and oxygen atoms in total. The van der Waals surface area contributed by atoms with Gasteiger partial charge < -0.3 is 10.7 Å². The highest BCUT2D eigenvalue weighted by atomic mass is 16.1. The molecule has 0 unspecified atom stereocenters. The lowest BCUT2D eigenvalue weighted by molar-refractivity contribution is 0.239. The van der Waals surface area contributed by atoms with E-state index in [-0.39, 0.29) is 11.5 Å². The SMILES string of the molecule is Nc1nc2c(c(=O)[nH]1)CN(Cc1cc3ccccc3[nH]1)CC2. The minimum absolute atomic E-state index is 0.121. The van der Waals surface area contributed by atoms with Crippen molar-refractivity contribution in [3.05, 3.63) is 57.6 Å². The number of H-pyrrole nitrogens is 2. The minimum atomic E-state index is -0.121. The number of hydrogen-bond donors (Lipinski definition) is 3. The molecule has 0 saturated carbocycles. The number of rotatable bonds is 2. The summed E-state index contributed by atoms with van der Waals surface area (Å²) in [7, 11) is 0. The van der Waals surface area contributed by atoms with Crippen molar-refractivity contribution >= 4 is 16.9 Å². The van der Waals surface area contributed by atoms with Crippen LogP contribution in [0.1, 0.15) is 17.0 Å². The van der Waals surface area contributed by atoms with E-state index in [2.05, 4.69) is 38.1 Å². The standard InChI is InChI=1S/C16H17N5O/c17-16-19-14-5-6-21(9-12(14)15(22)20-16)8-11-7-10-3-1-2-4-13(10)18-11/h1-4,7,18H,5-6,8-9H2,(H3,17,19,20,22). The van der Waals surface area contributed by atoms with Gasteiger partial charge in [0.2, 0.25) is 5.95 Å². The molecular weight excluding hydrogens is 278 g/mol. The van der Waals surface area contributed by atoms with Gasteiger partial charge in [-0.05, 0) is 17.5 Å². The molecule has 0 atom stereocenters. The van der Waals surface area contributed by atoms with Gasteiger partial charge in [-0.1, -0.05) is 18.2 Å². The van der Waals surface area contributed by atoms with Gasteiger partial charge in [-0.15, -0.1) is 0 Å². The van der Waals surface area contributed by atoms with Crippen LogP contribution in [0.4, 0.5) is 5.95 Å². The van der Waals surface area contributed by atoms with Crippen molar-refractivity contribution in [2.24, 2.45) is 0 Å². The van der Waals surface area contributed by atoms with Crippen LogP contribution in [0.25, 0.3) is 10.9 Å². The molecule has 0 saturated heterocycles. The molecule has 2 aromatic heterocycles. The zero-order chi connectivity index (χ0) is 15.1. The Hall–Kier alpha value is -2.60. The van der Waals surface area contributed by atoms with E-state index in [4.69, 9.17) is 5.73 Å². The van der Waals surface area contributed by atoms with E-state index in [1.165, 1.54) is 5.39 Å². The van der Waals surface area contributed by atoms with Crippen molar-refractivity contribution < 1.29 is 0 Å². The first kappa shape index (κ1) is 13.1. The third kappa shape index (κ3) is 2.27. The number of benzene rings is 1. The van der Waals surface area contributed by atoms with Crippen LogP contribution < -0.4 is 11.3 Å². The summed E-state index contributed by atoms with van der Waals surface area (Å²) in [5.74, 6) is 0.202. The third-order valence-corrected chi connectivity index (χ3v) is 4.15. The van der Waals surface area contributed by atoms with Gasteiger partial charge in [0.05, 0.1) is 11.3 Å². The van der Waals surface area contributed by atoms with Crippen molar-refractivity contribution in [3.63, 3.8) is 0 Å². The molecule has 0 aliphatic carbocycles. The molecule has 0 spiro atoms. The molecule has 1 aliphatic rings. The summed E-state index contributed by atoms with van der Waals surface area (Å²) in [6, 6.07) is 10.4. The number of nitrogens with one attached hydrogen (secondary N) is 2. The second-order valence-corrected chi connectivity index (χ2v) is 5.72. The van der Waals surface area contributed by atoms with Gasteiger partial charge in [0, 0.05) is 37.3 Å². The minimum Gasteiger partial charge on any atom is -0.369 e. The number of nitrogens with zero attached hydrogens (tertiary/aromatic N) is 2. The van der Waals surface area contributed by atoms with Gasteiger partial charge in [-0.2, -0.15) is 0 Å². The Balaban J connectivity index is 1.58. The predicted octanol–water partition coefficient (Wildman–Crippen LogP) is 1.39. The Bertz CT molecular complexity index is 862. The fourth-order valence-corrected chi connectivity index (χ4v) is 3.09. The third-order valence-electron chi connectivity index (χ3n) is 4.15. The maximum absolute atomic E-state index is 12.0. The second kappa shape index (κ2) is 4.99. The average molecular weight is 295 g/mol. The number of nitrogens with two attached hydrogens (primary N) is 1. The summed E-state index contributed by atoms with van der Waals surface area (Å²) < 4.78 is 0. The lowest BCUT2D eigenvalue weighted by Crippen LogP contribution is -2.35. The van der Waals surface area contributed by atoms with Crippen molar-refractivity contribution in [2.75, 3.05) is 12.3 Å². The number of anilines is 1. The Kier molecular flexibility index (Phi) is 2.97. The maximum atomic E-state index is 12.0. The van der Waals surface area contributed by atoms with Gasteiger partial charge in [-0.3, -0.25) is 14.7 Å². The summed E-state index contributed by atoms with van der Waals surface area (Å²) >= 11 is 0. The van der Waals surface area contributed by atoms with Crippen LogP contribution in [0, 0.1) is 0 Å². The average Bonchev–Trinajstić information content (AvgIpc) is 2.90. The van der Waals surface area contributed by atoms with E-state index >= 15 is 0 Å². The van der Waals surface area contributed by atoms with E-state index in [1.807, 2.05) is 12.1 Å². The fourth-order valence-electron chi connectivity index (χ4n) is 3.09. The smallest absolute Gasteiger partial charge is 0.257 e. The van der Waals surface area contributed by atoms with E-state index in [0.29, 0.717) is 6.54 Å². The van der Waals surface area contributed by atoms with Crippen molar-refractivity contribution in [1.29, 1.82) is 0 Å². The molecule has 3 aromatic rings. The molecule has 0 bridgehead atoms. The topological polar surface area (TPSA) is 90.8 Å². The highest BCUT2D eigenvalue weighted by molar-refractivity contribution is 5.80. The lowest BCUT2D eigenvalue weighted by Gasteiger charge is -2.26. The molecule has 1 aliphatic heterocycles. The fraction of sp³-hybridized carbons (Fsp3) is 0.250. The van der Waals surface area contributed by atoms with Crippen LogP contribution in [0.2, 0.25) is 0 Å². The van der Waals surface area contributed by atoms with Crippen LogP contribution in [0.15, 0.2) is 35.1 Å². The van der Waals surface area contributed by atoms with Gasteiger partial charge in [0.25, 0.3) is 5.56 Å². The molecule has 0 fully saturated rings. The molecule has 1 aromatic carbocycles. The summed E-state index contributed by atoms with van der Waals surface area (Å²) in [6.45, 7) is 2.27. The molecule has 6 heteroatoms. The molecule has 0 radical (unpaired) electrons. The Labute approximate surface area is 127 Å². The second-order valence-electron chi connectivity index (χ2n) is 5.72. The first-order valence-corrected chi connectivity index (χ1v) is 7.35. The molecule has 4 N–H and O–H groups in total. The molecule has 0 amide bonds. The summed E-state index contributed by atoms with van der Waals surface area (Å²) in [4.78, 5) is 24.5. The number of hydrogen-bond acceptors (Lipinski definition) is 4. The van der Waals surface area contributed by atoms with Gasteiger partial charge >= 0.3 is 0 Å².